The number of carbonyl (C=O) groups is 3. The first kappa shape index (κ1) is 24.8. The topological polar surface area (TPSA) is 129 Å². The molecule has 0 heterocycles. The Morgan fingerprint density at radius 1 is 1.00 bits per heavy atom. The van der Waals surface area contributed by atoms with Crippen molar-refractivity contribution in [2.75, 3.05) is 6.61 Å². The van der Waals surface area contributed by atoms with E-state index in [1.165, 1.54) is 0 Å². The van der Waals surface area contributed by atoms with Crippen molar-refractivity contribution < 1.29 is 24.2 Å². The molecule has 0 bridgehead atoms. The summed E-state index contributed by atoms with van der Waals surface area (Å²) in [6, 6.07) is 15.9. The molecule has 0 aliphatic heterocycles. The lowest BCUT2D eigenvalue weighted by Gasteiger charge is -2.21. The van der Waals surface area contributed by atoms with Crippen LogP contribution >= 0.6 is 0 Å². The summed E-state index contributed by atoms with van der Waals surface area (Å²) >= 11 is 0. The SMILES string of the molecule is CCC[C@H](NC(=O)C(CCCC#N)NC(=O)OCC1c2ccccc2-c2ccccc21)C(=O)O. The van der Waals surface area contributed by atoms with Crippen LogP contribution in [0.1, 0.15) is 56.1 Å². The summed E-state index contributed by atoms with van der Waals surface area (Å²) in [7, 11) is 0. The molecule has 0 fully saturated rings. The van der Waals surface area contributed by atoms with Crippen LogP contribution < -0.4 is 10.6 Å². The van der Waals surface area contributed by atoms with Crippen molar-refractivity contribution in [2.24, 2.45) is 0 Å². The second-order valence-electron chi connectivity index (χ2n) is 8.26. The van der Waals surface area contributed by atoms with E-state index in [0.717, 1.165) is 22.3 Å². The summed E-state index contributed by atoms with van der Waals surface area (Å²) < 4.78 is 5.52. The lowest BCUT2D eigenvalue weighted by atomic mass is 9.98. The van der Waals surface area contributed by atoms with E-state index in [1.807, 2.05) is 61.5 Å². The number of hydrogen-bond donors (Lipinski definition) is 3. The molecule has 3 N–H and O–H groups in total. The predicted molar refractivity (Wildman–Crippen MR) is 126 cm³/mol. The van der Waals surface area contributed by atoms with Crippen molar-refractivity contribution in [3.63, 3.8) is 0 Å². The van der Waals surface area contributed by atoms with Gasteiger partial charge in [0.2, 0.25) is 5.91 Å². The summed E-state index contributed by atoms with van der Waals surface area (Å²) in [5, 5.41) is 23.2. The van der Waals surface area contributed by atoms with Crippen molar-refractivity contribution in [1.82, 2.24) is 10.6 Å². The number of nitrogens with one attached hydrogen (secondary N) is 2. The molecule has 178 valence electrons. The van der Waals surface area contributed by atoms with Gasteiger partial charge in [-0.15, -0.1) is 0 Å². The standard InChI is InChI=1S/C26H29N3O5/c1-2-9-23(25(31)32)28-24(30)22(14-7-8-15-27)29-26(33)34-16-21-19-12-5-3-10-17(19)18-11-4-6-13-20(18)21/h3-6,10-13,21-23H,2,7-9,14,16H2,1H3,(H,28,30)(H,29,33)(H,31,32)/t22?,23-/m0/s1. The number of amides is 2. The Bertz CT molecular complexity index is 1030. The van der Waals surface area contributed by atoms with Crippen LogP contribution in [0.3, 0.4) is 0 Å². The summed E-state index contributed by atoms with van der Waals surface area (Å²) in [4.78, 5) is 36.8. The molecule has 1 unspecified atom stereocenters. The molecule has 8 nitrogen and oxygen atoms in total. The van der Waals surface area contributed by atoms with Crippen molar-refractivity contribution >= 4 is 18.0 Å². The Morgan fingerprint density at radius 3 is 2.18 bits per heavy atom. The zero-order valence-corrected chi connectivity index (χ0v) is 19.1. The number of benzene rings is 2. The maximum Gasteiger partial charge on any atom is 0.407 e. The number of rotatable bonds is 11. The van der Waals surface area contributed by atoms with Crippen molar-refractivity contribution in [2.45, 2.75) is 57.0 Å². The molecule has 0 saturated heterocycles. The minimum atomic E-state index is -1.13. The lowest BCUT2D eigenvalue weighted by Crippen LogP contribution is -2.51. The van der Waals surface area contributed by atoms with E-state index in [2.05, 4.69) is 10.6 Å². The van der Waals surface area contributed by atoms with E-state index >= 15 is 0 Å². The van der Waals surface area contributed by atoms with Crippen LogP contribution in [-0.4, -0.2) is 41.8 Å². The highest BCUT2D eigenvalue weighted by Gasteiger charge is 2.30. The summed E-state index contributed by atoms with van der Waals surface area (Å²) in [6.07, 6.45) is 0.883. The maximum atomic E-state index is 12.7. The minimum Gasteiger partial charge on any atom is -0.480 e. The highest BCUT2D eigenvalue weighted by Crippen LogP contribution is 2.44. The number of unbranched alkanes of at least 4 members (excludes halogenated alkanes) is 1. The molecule has 0 aromatic heterocycles. The number of nitriles is 1. The zero-order chi connectivity index (χ0) is 24.5. The first-order valence-electron chi connectivity index (χ1n) is 11.5. The van der Waals surface area contributed by atoms with Gasteiger partial charge in [0.15, 0.2) is 0 Å². The van der Waals surface area contributed by atoms with Gasteiger partial charge in [0, 0.05) is 12.3 Å². The Morgan fingerprint density at radius 2 is 1.62 bits per heavy atom. The average molecular weight is 464 g/mol. The van der Waals surface area contributed by atoms with Gasteiger partial charge in [-0.3, -0.25) is 4.79 Å². The third-order valence-corrected chi connectivity index (χ3v) is 5.93. The molecule has 0 spiro atoms. The van der Waals surface area contributed by atoms with Crippen molar-refractivity contribution in [3.8, 4) is 17.2 Å². The fraction of sp³-hybridized carbons (Fsp3) is 0.385. The van der Waals surface area contributed by atoms with Crippen LogP contribution in [-0.2, 0) is 14.3 Å². The zero-order valence-electron chi connectivity index (χ0n) is 19.1. The Labute approximate surface area is 198 Å². The molecule has 2 aromatic carbocycles. The van der Waals surface area contributed by atoms with Gasteiger partial charge in [0.1, 0.15) is 18.7 Å². The van der Waals surface area contributed by atoms with E-state index in [0.29, 0.717) is 12.8 Å². The van der Waals surface area contributed by atoms with Crippen LogP contribution in [0.5, 0.6) is 0 Å². The van der Waals surface area contributed by atoms with Crippen LogP contribution in [0.4, 0.5) is 4.79 Å². The summed E-state index contributed by atoms with van der Waals surface area (Å²) in [5.41, 5.74) is 4.36. The summed E-state index contributed by atoms with van der Waals surface area (Å²) in [6.45, 7) is 1.92. The number of carbonyl (C=O) groups excluding carboxylic acids is 2. The number of fused-ring (bicyclic) bond motifs is 3. The van der Waals surface area contributed by atoms with Gasteiger partial charge in [0.05, 0.1) is 6.07 Å². The normalized spacial score (nSPS) is 13.6. The maximum absolute atomic E-state index is 12.7. The van der Waals surface area contributed by atoms with Crippen LogP contribution in [0, 0.1) is 11.3 Å². The van der Waals surface area contributed by atoms with Gasteiger partial charge in [-0.25, -0.2) is 9.59 Å². The van der Waals surface area contributed by atoms with Crippen molar-refractivity contribution in [1.29, 1.82) is 5.26 Å². The van der Waals surface area contributed by atoms with E-state index in [4.69, 9.17) is 10.00 Å². The van der Waals surface area contributed by atoms with Gasteiger partial charge in [-0.05, 0) is 41.5 Å². The van der Waals surface area contributed by atoms with E-state index in [9.17, 15) is 19.5 Å². The highest BCUT2D eigenvalue weighted by atomic mass is 16.5. The van der Waals surface area contributed by atoms with Crippen LogP contribution in [0.2, 0.25) is 0 Å². The molecular formula is C26H29N3O5. The smallest absolute Gasteiger partial charge is 0.407 e. The molecule has 2 aromatic rings. The third-order valence-electron chi connectivity index (χ3n) is 5.93. The number of hydrogen-bond acceptors (Lipinski definition) is 5. The number of alkyl carbamates (subject to hydrolysis) is 1. The summed E-state index contributed by atoms with van der Waals surface area (Å²) in [5.74, 6) is -1.86. The molecule has 3 rings (SSSR count). The molecule has 2 atom stereocenters. The van der Waals surface area contributed by atoms with Gasteiger partial charge in [-0.1, -0.05) is 61.9 Å². The lowest BCUT2D eigenvalue weighted by molar-refractivity contribution is -0.142. The first-order valence-corrected chi connectivity index (χ1v) is 11.5. The second kappa shape index (κ2) is 11.8. The van der Waals surface area contributed by atoms with Gasteiger partial charge < -0.3 is 20.5 Å². The van der Waals surface area contributed by atoms with Gasteiger partial charge in [-0.2, -0.15) is 5.26 Å². The second-order valence-corrected chi connectivity index (χ2v) is 8.26. The molecule has 1 aliphatic rings. The highest BCUT2D eigenvalue weighted by molar-refractivity contribution is 5.89. The molecule has 34 heavy (non-hydrogen) atoms. The first-order chi connectivity index (χ1) is 16.5. The fourth-order valence-corrected chi connectivity index (χ4v) is 4.25. The van der Waals surface area contributed by atoms with E-state index in [1.54, 1.807) is 0 Å². The Balaban J connectivity index is 1.66. The molecular weight excluding hydrogens is 434 g/mol. The number of nitrogens with zero attached hydrogens (tertiary/aromatic N) is 1. The number of aliphatic carboxylic acids is 1. The quantitative estimate of drug-likeness (QED) is 0.433. The molecule has 2 amide bonds. The van der Waals surface area contributed by atoms with Crippen molar-refractivity contribution in [3.05, 3.63) is 59.7 Å². The molecule has 8 heteroatoms. The Kier molecular flexibility index (Phi) is 8.63. The van der Waals surface area contributed by atoms with Gasteiger partial charge >= 0.3 is 12.1 Å². The molecule has 0 saturated carbocycles. The number of ether oxygens (including phenoxy) is 1. The fourth-order valence-electron chi connectivity index (χ4n) is 4.25. The average Bonchev–Trinajstić information content (AvgIpc) is 3.15. The third kappa shape index (κ3) is 5.93. The Hall–Kier alpha value is -3.86. The monoisotopic (exact) mass is 463 g/mol. The van der Waals surface area contributed by atoms with Crippen LogP contribution in [0.15, 0.2) is 48.5 Å². The minimum absolute atomic E-state index is 0.0972. The number of carboxylic acid groups (broad SMARTS) is 1. The van der Waals surface area contributed by atoms with Gasteiger partial charge in [0.25, 0.3) is 0 Å². The number of carboxylic acids is 1. The van der Waals surface area contributed by atoms with E-state index < -0.39 is 30.1 Å². The molecule has 1 aliphatic carbocycles. The predicted octanol–water partition coefficient (Wildman–Crippen LogP) is 3.96. The van der Waals surface area contributed by atoms with E-state index in [-0.39, 0.29) is 31.8 Å². The molecule has 0 radical (unpaired) electrons. The van der Waals surface area contributed by atoms with Crippen LogP contribution in [0.25, 0.3) is 11.1 Å². The largest absolute Gasteiger partial charge is 0.480 e.